The third kappa shape index (κ3) is 4.59. The van der Waals surface area contributed by atoms with Crippen LogP contribution in [-0.4, -0.2) is 6.21 Å². The Bertz CT molecular complexity index is 930. The molecule has 3 rings (SSSR count). The first-order valence-corrected chi connectivity index (χ1v) is 9.13. The van der Waals surface area contributed by atoms with Gasteiger partial charge in [-0.3, -0.25) is 4.99 Å². The molecule has 0 aromatic heterocycles. The lowest BCUT2D eigenvalue weighted by atomic mass is 10.2. The van der Waals surface area contributed by atoms with Gasteiger partial charge in [-0.05, 0) is 42.3 Å². The van der Waals surface area contributed by atoms with Crippen molar-refractivity contribution in [3.63, 3.8) is 0 Å². The largest absolute Gasteiger partial charge is 0.486 e. The molecule has 0 N–H and O–H groups in total. The quantitative estimate of drug-likeness (QED) is 0.409. The van der Waals surface area contributed by atoms with Gasteiger partial charge in [-0.15, -0.1) is 0 Å². The normalized spacial score (nSPS) is 11.1. The summed E-state index contributed by atoms with van der Waals surface area (Å²) in [6, 6.07) is 18.9. The molecule has 3 aromatic carbocycles. The Labute approximate surface area is 168 Å². The second kappa shape index (κ2) is 8.59. The van der Waals surface area contributed by atoms with Gasteiger partial charge in [0, 0.05) is 16.8 Å². The monoisotopic (exact) mass is 403 g/mol. The molecule has 0 bridgehead atoms. The first kappa shape index (κ1) is 18.8. The number of aryl methyl sites for hydroxylation is 1. The summed E-state index contributed by atoms with van der Waals surface area (Å²) in [6.07, 6.45) is 1.73. The van der Waals surface area contributed by atoms with Crippen molar-refractivity contribution < 1.29 is 4.74 Å². The molecule has 0 saturated carbocycles. The molecule has 0 amide bonds. The Morgan fingerprint density at radius 1 is 0.885 bits per heavy atom. The van der Waals surface area contributed by atoms with Gasteiger partial charge in [0.2, 0.25) is 0 Å². The number of hydrogen-bond acceptors (Lipinski definition) is 2. The van der Waals surface area contributed by atoms with E-state index in [1.54, 1.807) is 18.3 Å². The van der Waals surface area contributed by atoms with Crippen molar-refractivity contribution in [1.82, 2.24) is 0 Å². The zero-order valence-electron chi connectivity index (χ0n) is 14.0. The Kier molecular flexibility index (Phi) is 6.20. The third-order valence-electron chi connectivity index (χ3n) is 3.82. The van der Waals surface area contributed by atoms with Crippen LogP contribution in [0.1, 0.15) is 16.7 Å². The van der Waals surface area contributed by atoms with E-state index < -0.39 is 0 Å². The molecule has 2 nitrogen and oxygen atoms in total. The summed E-state index contributed by atoms with van der Waals surface area (Å²) in [4.78, 5) is 4.49. The smallest absolute Gasteiger partial charge is 0.157 e. The van der Waals surface area contributed by atoms with E-state index in [0.29, 0.717) is 20.8 Å². The fraction of sp³-hybridized carbons (Fsp3) is 0.0952. The van der Waals surface area contributed by atoms with Crippen LogP contribution in [-0.2, 0) is 6.61 Å². The van der Waals surface area contributed by atoms with Gasteiger partial charge in [-0.25, -0.2) is 0 Å². The zero-order chi connectivity index (χ0) is 18.5. The van der Waals surface area contributed by atoms with Gasteiger partial charge >= 0.3 is 0 Å². The first-order chi connectivity index (χ1) is 12.5. The molecule has 0 atom stereocenters. The number of rotatable bonds is 5. The van der Waals surface area contributed by atoms with Crippen molar-refractivity contribution in [2.75, 3.05) is 0 Å². The van der Waals surface area contributed by atoms with Crippen molar-refractivity contribution in [1.29, 1.82) is 0 Å². The molecule has 0 radical (unpaired) electrons. The van der Waals surface area contributed by atoms with Crippen LogP contribution >= 0.6 is 34.8 Å². The fourth-order valence-electron chi connectivity index (χ4n) is 2.41. The van der Waals surface area contributed by atoms with Gasteiger partial charge in [0.25, 0.3) is 0 Å². The lowest BCUT2D eigenvalue weighted by Crippen LogP contribution is -1.98. The highest BCUT2D eigenvalue weighted by atomic mass is 35.5. The van der Waals surface area contributed by atoms with Crippen LogP contribution in [0.2, 0.25) is 15.1 Å². The summed E-state index contributed by atoms with van der Waals surface area (Å²) in [6.45, 7) is 2.30. The molecular weight excluding hydrogens is 389 g/mol. The van der Waals surface area contributed by atoms with E-state index in [4.69, 9.17) is 39.5 Å². The Morgan fingerprint density at radius 3 is 2.23 bits per heavy atom. The molecule has 0 spiro atoms. The van der Waals surface area contributed by atoms with Crippen LogP contribution in [0.3, 0.4) is 0 Å². The molecule has 3 aromatic rings. The molecule has 132 valence electrons. The van der Waals surface area contributed by atoms with Crippen molar-refractivity contribution >= 4 is 46.7 Å². The summed E-state index contributed by atoms with van der Waals surface area (Å²) >= 11 is 18.8. The molecular formula is C21H16Cl3NO. The standard InChI is InChI=1S/C21H16Cl3NO/c1-14-6-2-5-9-20(14)25-12-15-10-18(23)21(19(24)11-15)26-13-16-7-3-4-8-17(16)22/h2-12H,13H2,1H3. The van der Waals surface area contributed by atoms with Gasteiger partial charge in [-0.2, -0.15) is 0 Å². The molecule has 26 heavy (non-hydrogen) atoms. The lowest BCUT2D eigenvalue weighted by Gasteiger charge is -2.11. The molecule has 0 aliphatic carbocycles. The van der Waals surface area contributed by atoms with Crippen molar-refractivity contribution in [3.05, 3.63) is 92.4 Å². The van der Waals surface area contributed by atoms with E-state index in [2.05, 4.69) is 4.99 Å². The number of nitrogens with zero attached hydrogens (tertiary/aromatic N) is 1. The Hall–Kier alpha value is -2.00. The predicted octanol–water partition coefficient (Wildman–Crippen LogP) is 7.28. The minimum atomic E-state index is 0.287. The highest BCUT2D eigenvalue weighted by molar-refractivity contribution is 6.37. The van der Waals surface area contributed by atoms with Crippen LogP contribution in [0.4, 0.5) is 5.69 Å². The number of para-hydroxylation sites is 1. The molecule has 0 aliphatic heterocycles. The summed E-state index contributed by atoms with van der Waals surface area (Å²) in [5.41, 5.74) is 3.67. The molecule has 0 aliphatic rings. The van der Waals surface area contributed by atoms with Crippen LogP contribution in [0.15, 0.2) is 65.7 Å². The number of hydrogen-bond donors (Lipinski definition) is 0. The second-order valence-electron chi connectivity index (χ2n) is 5.74. The van der Waals surface area contributed by atoms with Crippen molar-refractivity contribution in [2.24, 2.45) is 4.99 Å². The van der Waals surface area contributed by atoms with Crippen LogP contribution in [0, 0.1) is 6.92 Å². The Balaban J connectivity index is 1.78. The lowest BCUT2D eigenvalue weighted by molar-refractivity contribution is 0.306. The van der Waals surface area contributed by atoms with E-state index in [1.807, 2.05) is 55.5 Å². The van der Waals surface area contributed by atoms with Gasteiger partial charge in [0.05, 0.1) is 15.7 Å². The highest BCUT2D eigenvalue weighted by Gasteiger charge is 2.10. The first-order valence-electron chi connectivity index (χ1n) is 7.99. The van der Waals surface area contributed by atoms with Crippen LogP contribution < -0.4 is 4.74 Å². The maximum absolute atomic E-state index is 6.35. The number of aliphatic imine (C=N–C) groups is 1. The average molecular weight is 405 g/mol. The fourth-order valence-corrected chi connectivity index (χ4v) is 3.21. The van der Waals surface area contributed by atoms with E-state index in [9.17, 15) is 0 Å². The molecule has 0 saturated heterocycles. The summed E-state index contributed by atoms with van der Waals surface area (Å²) in [5, 5.41) is 1.49. The van der Waals surface area contributed by atoms with Gasteiger partial charge in [0.1, 0.15) is 6.61 Å². The maximum atomic E-state index is 6.35. The van der Waals surface area contributed by atoms with Gasteiger partial charge in [0.15, 0.2) is 5.75 Å². The van der Waals surface area contributed by atoms with Crippen LogP contribution in [0.25, 0.3) is 0 Å². The minimum absolute atomic E-state index is 0.287. The average Bonchev–Trinajstić information content (AvgIpc) is 2.62. The number of halogens is 3. The van der Waals surface area contributed by atoms with Crippen molar-refractivity contribution in [3.8, 4) is 5.75 Å². The summed E-state index contributed by atoms with van der Waals surface area (Å²) < 4.78 is 5.78. The van der Waals surface area contributed by atoms with E-state index >= 15 is 0 Å². The zero-order valence-corrected chi connectivity index (χ0v) is 16.3. The molecule has 0 fully saturated rings. The van der Waals surface area contributed by atoms with Gasteiger partial charge in [-0.1, -0.05) is 71.2 Å². The number of benzene rings is 3. The van der Waals surface area contributed by atoms with Crippen LogP contribution in [0.5, 0.6) is 5.75 Å². The van der Waals surface area contributed by atoms with Gasteiger partial charge < -0.3 is 4.74 Å². The third-order valence-corrected chi connectivity index (χ3v) is 4.75. The summed E-state index contributed by atoms with van der Waals surface area (Å²) in [5.74, 6) is 0.432. The predicted molar refractivity (Wildman–Crippen MR) is 111 cm³/mol. The second-order valence-corrected chi connectivity index (χ2v) is 6.96. The molecule has 0 heterocycles. The maximum Gasteiger partial charge on any atom is 0.157 e. The topological polar surface area (TPSA) is 21.6 Å². The minimum Gasteiger partial charge on any atom is -0.486 e. The highest BCUT2D eigenvalue weighted by Crippen LogP contribution is 2.35. The molecule has 5 heteroatoms. The Morgan fingerprint density at radius 2 is 1.54 bits per heavy atom. The summed E-state index contributed by atoms with van der Waals surface area (Å²) in [7, 11) is 0. The van der Waals surface area contributed by atoms with E-state index in [1.165, 1.54) is 0 Å². The van der Waals surface area contributed by atoms with Crippen molar-refractivity contribution in [2.45, 2.75) is 13.5 Å². The van der Waals surface area contributed by atoms with E-state index in [-0.39, 0.29) is 6.61 Å². The SMILES string of the molecule is Cc1ccccc1N=Cc1cc(Cl)c(OCc2ccccc2Cl)c(Cl)c1. The molecule has 0 unspecified atom stereocenters. The van der Waals surface area contributed by atoms with E-state index in [0.717, 1.165) is 22.4 Å². The number of ether oxygens (including phenoxy) is 1.